The highest BCUT2D eigenvalue weighted by molar-refractivity contribution is 5.94. The largest absolute Gasteiger partial charge is 0.497 e. The number of piperidine rings is 1. The maximum atomic E-state index is 12.5. The summed E-state index contributed by atoms with van der Waals surface area (Å²) in [4.78, 5) is 24.9. The van der Waals surface area contributed by atoms with Crippen molar-refractivity contribution < 1.29 is 19.4 Å². The molecule has 1 saturated heterocycles. The Morgan fingerprint density at radius 2 is 2.05 bits per heavy atom. The first-order valence-electron chi connectivity index (χ1n) is 7.25. The van der Waals surface area contributed by atoms with Crippen LogP contribution in [0.5, 0.6) is 5.75 Å². The lowest BCUT2D eigenvalue weighted by Gasteiger charge is -2.32. The first kappa shape index (κ1) is 15.4. The zero-order chi connectivity index (χ0) is 15.2. The van der Waals surface area contributed by atoms with Crippen LogP contribution in [0.1, 0.15) is 36.0 Å². The number of carbonyl (C=O) groups excluding carboxylic acids is 1. The molecule has 0 aromatic heterocycles. The van der Waals surface area contributed by atoms with E-state index in [1.807, 2.05) is 4.90 Å². The number of hydrogen-bond acceptors (Lipinski definition) is 3. The summed E-state index contributed by atoms with van der Waals surface area (Å²) in [5.74, 6) is 0.257. The molecule has 1 aromatic carbocycles. The molecular weight excluding hydrogens is 270 g/mol. The van der Waals surface area contributed by atoms with Crippen LogP contribution >= 0.6 is 0 Å². The summed E-state index contributed by atoms with van der Waals surface area (Å²) in [6, 6.07) is 7.09. The van der Waals surface area contributed by atoms with Gasteiger partial charge in [0.15, 0.2) is 0 Å². The van der Waals surface area contributed by atoms with Crippen molar-refractivity contribution in [3.63, 3.8) is 0 Å². The van der Waals surface area contributed by atoms with Gasteiger partial charge in [0.1, 0.15) is 5.75 Å². The van der Waals surface area contributed by atoms with E-state index in [2.05, 4.69) is 0 Å². The highest BCUT2D eigenvalue weighted by Crippen LogP contribution is 2.23. The number of carboxylic acid groups (broad SMARTS) is 1. The van der Waals surface area contributed by atoms with Gasteiger partial charge in [0.05, 0.1) is 7.11 Å². The van der Waals surface area contributed by atoms with Crippen molar-refractivity contribution in [2.45, 2.75) is 25.7 Å². The summed E-state index contributed by atoms with van der Waals surface area (Å²) in [6.45, 7) is 1.40. The van der Waals surface area contributed by atoms with Gasteiger partial charge in [-0.2, -0.15) is 0 Å². The Bertz CT molecular complexity index is 498. The average molecular weight is 291 g/mol. The molecule has 1 fully saturated rings. The van der Waals surface area contributed by atoms with Crippen LogP contribution in [0, 0.1) is 5.92 Å². The molecule has 0 saturated carbocycles. The van der Waals surface area contributed by atoms with E-state index in [0.717, 1.165) is 25.1 Å². The van der Waals surface area contributed by atoms with Crippen LogP contribution in [-0.2, 0) is 4.79 Å². The van der Waals surface area contributed by atoms with E-state index in [9.17, 15) is 9.59 Å². The quantitative estimate of drug-likeness (QED) is 0.904. The summed E-state index contributed by atoms with van der Waals surface area (Å²) in [6.07, 6.45) is 2.75. The minimum atomic E-state index is -0.770. The lowest BCUT2D eigenvalue weighted by Crippen LogP contribution is -2.40. The van der Waals surface area contributed by atoms with E-state index in [-0.39, 0.29) is 18.2 Å². The molecule has 21 heavy (non-hydrogen) atoms. The number of benzene rings is 1. The molecule has 5 heteroatoms. The molecule has 1 unspecified atom stereocenters. The Kier molecular flexibility index (Phi) is 5.20. The number of aliphatic carboxylic acids is 1. The fraction of sp³-hybridized carbons (Fsp3) is 0.500. The van der Waals surface area contributed by atoms with Crippen molar-refractivity contribution in [1.82, 2.24) is 4.90 Å². The van der Waals surface area contributed by atoms with Gasteiger partial charge in [-0.1, -0.05) is 0 Å². The highest BCUT2D eigenvalue weighted by atomic mass is 16.5. The van der Waals surface area contributed by atoms with Gasteiger partial charge in [-0.05, 0) is 49.4 Å². The summed E-state index contributed by atoms with van der Waals surface area (Å²) in [5, 5.41) is 8.75. The third-order valence-corrected chi connectivity index (χ3v) is 3.91. The van der Waals surface area contributed by atoms with Gasteiger partial charge >= 0.3 is 5.97 Å². The maximum absolute atomic E-state index is 12.5. The zero-order valence-corrected chi connectivity index (χ0v) is 12.2. The van der Waals surface area contributed by atoms with Gasteiger partial charge in [-0.25, -0.2) is 0 Å². The maximum Gasteiger partial charge on any atom is 0.303 e. The Morgan fingerprint density at radius 1 is 1.33 bits per heavy atom. The van der Waals surface area contributed by atoms with Gasteiger partial charge < -0.3 is 14.7 Å². The van der Waals surface area contributed by atoms with Crippen molar-refractivity contribution in [2.75, 3.05) is 20.2 Å². The molecule has 1 N–H and O–H groups in total. The number of amides is 1. The third-order valence-electron chi connectivity index (χ3n) is 3.91. The Balaban J connectivity index is 1.96. The molecule has 0 spiro atoms. The fourth-order valence-electron chi connectivity index (χ4n) is 2.73. The number of carboxylic acids is 1. The number of nitrogens with zero attached hydrogens (tertiary/aromatic N) is 1. The molecule has 1 atom stereocenters. The smallest absolute Gasteiger partial charge is 0.303 e. The minimum Gasteiger partial charge on any atom is -0.497 e. The number of ether oxygens (including phenoxy) is 1. The molecule has 5 nitrogen and oxygen atoms in total. The van der Waals surface area contributed by atoms with Crippen LogP contribution in [0.15, 0.2) is 24.3 Å². The predicted molar refractivity (Wildman–Crippen MR) is 78.5 cm³/mol. The van der Waals surface area contributed by atoms with E-state index in [1.54, 1.807) is 31.4 Å². The molecule has 114 valence electrons. The highest BCUT2D eigenvalue weighted by Gasteiger charge is 2.24. The van der Waals surface area contributed by atoms with Crippen molar-refractivity contribution in [3.05, 3.63) is 29.8 Å². The molecule has 1 heterocycles. The van der Waals surface area contributed by atoms with Crippen molar-refractivity contribution >= 4 is 11.9 Å². The molecule has 1 aliphatic rings. The molecule has 0 radical (unpaired) electrons. The van der Waals surface area contributed by atoms with E-state index in [0.29, 0.717) is 18.5 Å². The summed E-state index contributed by atoms with van der Waals surface area (Å²) < 4.78 is 5.09. The van der Waals surface area contributed by atoms with Gasteiger partial charge in [-0.15, -0.1) is 0 Å². The number of methoxy groups -OCH3 is 1. The predicted octanol–water partition coefficient (Wildman–Crippen LogP) is 2.41. The summed E-state index contributed by atoms with van der Waals surface area (Å²) >= 11 is 0. The second kappa shape index (κ2) is 7.11. The Hall–Kier alpha value is -2.04. The van der Waals surface area contributed by atoms with Crippen LogP contribution in [-0.4, -0.2) is 42.1 Å². The second-order valence-corrected chi connectivity index (χ2v) is 5.42. The molecule has 0 bridgehead atoms. The standard InChI is InChI=1S/C16H21NO4/c1-21-14-7-5-13(6-8-14)16(20)17-10-2-3-12(11-17)4-9-15(18)19/h5-8,12H,2-4,9-11H2,1H3,(H,18,19). The minimum absolute atomic E-state index is 0.0117. The van der Waals surface area contributed by atoms with Crippen LogP contribution in [0.4, 0.5) is 0 Å². The normalized spacial score (nSPS) is 18.3. The van der Waals surface area contributed by atoms with Gasteiger partial charge in [0.2, 0.25) is 0 Å². The summed E-state index contributed by atoms with van der Waals surface area (Å²) in [7, 11) is 1.59. The average Bonchev–Trinajstić information content (AvgIpc) is 2.52. The first-order chi connectivity index (χ1) is 10.1. The first-order valence-corrected chi connectivity index (χ1v) is 7.25. The molecule has 0 aliphatic carbocycles. The van der Waals surface area contributed by atoms with E-state index in [4.69, 9.17) is 9.84 Å². The third kappa shape index (κ3) is 4.21. The monoisotopic (exact) mass is 291 g/mol. The van der Waals surface area contributed by atoms with Crippen LogP contribution in [0.2, 0.25) is 0 Å². The van der Waals surface area contributed by atoms with Gasteiger partial charge in [0.25, 0.3) is 5.91 Å². The van der Waals surface area contributed by atoms with Gasteiger partial charge in [-0.3, -0.25) is 9.59 Å². The van der Waals surface area contributed by atoms with Crippen LogP contribution in [0.3, 0.4) is 0 Å². The topological polar surface area (TPSA) is 66.8 Å². The second-order valence-electron chi connectivity index (χ2n) is 5.42. The van der Waals surface area contributed by atoms with Crippen molar-refractivity contribution in [3.8, 4) is 5.75 Å². The Morgan fingerprint density at radius 3 is 2.67 bits per heavy atom. The molecular formula is C16H21NO4. The molecule has 1 aromatic rings. The molecule has 1 amide bonds. The molecule has 1 aliphatic heterocycles. The van der Waals surface area contributed by atoms with E-state index >= 15 is 0 Å². The lowest BCUT2D eigenvalue weighted by molar-refractivity contribution is -0.137. The van der Waals surface area contributed by atoms with Crippen LogP contribution < -0.4 is 4.74 Å². The lowest BCUT2D eigenvalue weighted by atomic mass is 9.93. The molecule has 2 rings (SSSR count). The summed E-state index contributed by atoms with van der Waals surface area (Å²) in [5.41, 5.74) is 0.648. The van der Waals surface area contributed by atoms with Crippen molar-refractivity contribution in [1.29, 1.82) is 0 Å². The van der Waals surface area contributed by atoms with Crippen LogP contribution in [0.25, 0.3) is 0 Å². The fourth-order valence-corrected chi connectivity index (χ4v) is 2.73. The van der Waals surface area contributed by atoms with Crippen molar-refractivity contribution in [2.24, 2.45) is 5.92 Å². The number of hydrogen-bond donors (Lipinski definition) is 1. The van der Waals surface area contributed by atoms with Gasteiger partial charge in [0, 0.05) is 25.1 Å². The van der Waals surface area contributed by atoms with E-state index in [1.165, 1.54) is 0 Å². The zero-order valence-electron chi connectivity index (χ0n) is 12.2. The number of carbonyl (C=O) groups is 2. The Labute approximate surface area is 124 Å². The number of likely N-dealkylation sites (tertiary alicyclic amines) is 1. The van der Waals surface area contributed by atoms with E-state index < -0.39 is 5.97 Å². The number of rotatable bonds is 5. The SMILES string of the molecule is COc1ccc(C(=O)N2CCCC(CCC(=O)O)C2)cc1.